The lowest BCUT2D eigenvalue weighted by molar-refractivity contribution is 0.107. The van der Waals surface area contributed by atoms with Gasteiger partial charge in [-0.15, -0.1) is 0 Å². The first-order chi connectivity index (χ1) is 8.08. The molecule has 0 N–H and O–H groups in total. The molecule has 0 spiro atoms. The van der Waals surface area contributed by atoms with E-state index >= 15 is 0 Å². The molecule has 0 saturated carbocycles. The molecule has 4 heteroatoms. The summed E-state index contributed by atoms with van der Waals surface area (Å²) in [5, 5.41) is -0.840. The number of halogens is 3. The van der Waals surface area contributed by atoms with Crippen LogP contribution in [0.4, 0.5) is 8.78 Å². The lowest BCUT2D eigenvalue weighted by Crippen LogP contribution is -1.94. The number of rotatable bonds is 2. The second-order valence-electron chi connectivity index (χ2n) is 3.48. The molecule has 0 heterocycles. The average molecular weight is 253 g/mol. The first-order valence-electron chi connectivity index (χ1n) is 4.83. The number of hydrogen-bond donors (Lipinski definition) is 0. The zero-order valence-electron chi connectivity index (χ0n) is 8.58. The van der Waals surface area contributed by atoms with Crippen molar-refractivity contribution in [3.05, 3.63) is 59.7 Å². The van der Waals surface area contributed by atoms with Crippen molar-refractivity contribution in [2.24, 2.45) is 0 Å². The van der Waals surface area contributed by atoms with Crippen molar-refractivity contribution in [2.75, 3.05) is 0 Å². The molecule has 0 radical (unpaired) electrons. The van der Waals surface area contributed by atoms with Crippen LogP contribution in [0, 0.1) is 11.6 Å². The van der Waals surface area contributed by atoms with Gasteiger partial charge in [0, 0.05) is 0 Å². The van der Waals surface area contributed by atoms with Gasteiger partial charge >= 0.3 is 0 Å². The summed E-state index contributed by atoms with van der Waals surface area (Å²) in [4.78, 5) is 10.8. The fourth-order valence-corrected chi connectivity index (χ4v) is 1.65. The molecule has 0 aliphatic heterocycles. The van der Waals surface area contributed by atoms with Crippen LogP contribution in [0.1, 0.15) is 10.4 Å². The molecular formula is C13H7ClF2O. The van der Waals surface area contributed by atoms with E-state index in [-0.39, 0.29) is 11.4 Å². The predicted octanol–water partition coefficient (Wildman–Crippen LogP) is 4.01. The van der Waals surface area contributed by atoms with Crippen LogP contribution < -0.4 is 0 Å². The summed E-state index contributed by atoms with van der Waals surface area (Å²) in [5.74, 6) is -1.05. The molecule has 0 atom stereocenters. The van der Waals surface area contributed by atoms with Crippen LogP contribution in [0.25, 0.3) is 11.1 Å². The largest absolute Gasteiger partial charge is 0.275 e. The summed E-state index contributed by atoms with van der Waals surface area (Å²) in [6, 6.07) is 9.71. The van der Waals surface area contributed by atoms with E-state index in [4.69, 9.17) is 11.6 Å². The van der Waals surface area contributed by atoms with Gasteiger partial charge in [-0.1, -0.05) is 18.2 Å². The van der Waals surface area contributed by atoms with Crippen molar-refractivity contribution in [3.8, 4) is 11.1 Å². The Morgan fingerprint density at radius 3 is 2.06 bits per heavy atom. The Kier molecular flexibility index (Phi) is 3.20. The SMILES string of the molecule is O=C(Cl)c1ccc(-c2ccc(F)cc2)cc1F. The summed E-state index contributed by atoms with van der Waals surface area (Å²) in [5.41, 5.74) is 1.06. The number of carbonyl (C=O) groups is 1. The van der Waals surface area contributed by atoms with Crippen molar-refractivity contribution >= 4 is 16.8 Å². The minimum atomic E-state index is -0.840. The Morgan fingerprint density at radius 1 is 0.941 bits per heavy atom. The van der Waals surface area contributed by atoms with Gasteiger partial charge in [0.05, 0.1) is 5.56 Å². The molecule has 0 aliphatic rings. The van der Waals surface area contributed by atoms with E-state index in [0.717, 1.165) is 0 Å². The molecule has 0 saturated heterocycles. The van der Waals surface area contributed by atoms with Gasteiger partial charge < -0.3 is 0 Å². The van der Waals surface area contributed by atoms with Crippen LogP contribution in [0.15, 0.2) is 42.5 Å². The zero-order valence-corrected chi connectivity index (χ0v) is 9.34. The third-order valence-electron chi connectivity index (χ3n) is 2.36. The van der Waals surface area contributed by atoms with Crippen LogP contribution in [-0.2, 0) is 0 Å². The first-order valence-corrected chi connectivity index (χ1v) is 5.21. The second-order valence-corrected chi connectivity index (χ2v) is 3.82. The van der Waals surface area contributed by atoms with Crippen LogP contribution in [0.5, 0.6) is 0 Å². The summed E-state index contributed by atoms with van der Waals surface area (Å²) in [7, 11) is 0. The molecule has 17 heavy (non-hydrogen) atoms. The third-order valence-corrected chi connectivity index (χ3v) is 2.56. The minimum Gasteiger partial charge on any atom is -0.275 e. The molecule has 86 valence electrons. The first kappa shape index (κ1) is 11.7. The highest BCUT2D eigenvalue weighted by Crippen LogP contribution is 2.22. The third kappa shape index (κ3) is 2.50. The minimum absolute atomic E-state index is 0.169. The van der Waals surface area contributed by atoms with E-state index in [1.807, 2.05) is 0 Å². The Labute approximate surface area is 102 Å². The van der Waals surface area contributed by atoms with Crippen LogP contribution >= 0.6 is 11.6 Å². The molecule has 2 rings (SSSR count). The molecule has 0 amide bonds. The van der Waals surface area contributed by atoms with Crippen molar-refractivity contribution < 1.29 is 13.6 Å². The van der Waals surface area contributed by atoms with Gasteiger partial charge in [0.25, 0.3) is 5.24 Å². The maximum atomic E-state index is 13.5. The lowest BCUT2D eigenvalue weighted by Gasteiger charge is -2.03. The van der Waals surface area contributed by atoms with Gasteiger partial charge in [-0.3, -0.25) is 4.79 Å². The highest BCUT2D eigenvalue weighted by Gasteiger charge is 2.10. The van der Waals surface area contributed by atoms with E-state index in [0.29, 0.717) is 11.1 Å². The number of benzene rings is 2. The molecule has 0 fully saturated rings. The van der Waals surface area contributed by atoms with E-state index in [1.165, 1.54) is 36.4 Å². The van der Waals surface area contributed by atoms with E-state index in [9.17, 15) is 13.6 Å². The van der Waals surface area contributed by atoms with E-state index in [1.54, 1.807) is 6.07 Å². The topological polar surface area (TPSA) is 17.1 Å². The highest BCUT2D eigenvalue weighted by molar-refractivity contribution is 6.67. The van der Waals surface area contributed by atoms with Crippen molar-refractivity contribution in [1.29, 1.82) is 0 Å². The van der Waals surface area contributed by atoms with Gasteiger partial charge in [0.1, 0.15) is 11.6 Å². The highest BCUT2D eigenvalue weighted by atomic mass is 35.5. The maximum absolute atomic E-state index is 13.5. The summed E-state index contributed by atoms with van der Waals surface area (Å²) in [6.07, 6.45) is 0. The van der Waals surface area contributed by atoms with Crippen LogP contribution in [0.2, 0.25) is 0 Å². The quantitative estimate of drug-likeness (QED) is 0.738. The number of carbonyl (C=O) groups excluding carboxylic acids is 1. The smallest absolute Gasteiger partial charge is 0.255 e. The Balaban J connectivity index is 2.44. The Bertz CT molecular complexity index is 564. The Morgan fingerprint density at radius 2 is 1.53 bits per heavy atom. The standard InChI is InChI=1S/C13H7ClF2O/c14-13(17)11-6-3-9(7-12(11)16)8-1-4-10(15)5-2-8/h1-7H. The van der Waals surface area contributed by atoms with Crippen molar-refractivity contribution in [1.82, 2.24) is 0 Å². The van der Waals surface area contributed by atoms with Crippen molar-refractivity contribution in [2.45, 2.75) is 0 Å². The number of hydrogen-bond acceptors (Lipinski definition) is 1. The van der Waals surface area contributed by atoms with Gasteiger partial charge in [-0.05, 0) is 47.0 Å². The molecule has 1 nitrogen and oxygen atoms in total. The summed E-state index contributed by atoms with van der Waals surface area (Å²) in [6.45, 7) is 0. The van der Waals surface area contributed by atoms with Crippen molar-refractivity contribution in [3.63, 3.8) is 0 Å². The molecule has 2 aromatic carbocycles. The average Bonchev–Trinajstić information content (AvgIpc) is 2.29. The van der Waals surface area contributed by atoms with E-state index < -0.39 is 11.1 Å². The van der Waals surface area contributed by atoms with Crippen LogP contribution in [-0.4, -0.2) is 5.24 Å². The molecule has 0 unspecified atom stereocenters. The lowest BCUT2D eigenvalue weighted by atomic mass is 10.0. The summed E-state index contributed by atoms with van der Waals surface area (Å²) >= 11 is 5.20. The molecule has 2 aromatic rings. The van der Waals surface area contributed by atoms with Gasteiger partial charge in [-0.2, -0.15) is 0 Å². The van der Waals surface area contributed by atoms with Gasteiger partial charge in [0.15, 0.2) is 0 Å². The molecule has 0 bridgehead atoms. The zero-order chi connectivity index (χ0) is 12.4. The van der Waals surface area contributed by atoms with Crippen LogP contribution in [0.3, 0.4) is 0 Å². The summed E-state index contributed by atoms with van der Waals surface area (Å²) < 4.78 is 26.2. The molecule has 0 aliphatic carbocycles. The monoisotopic (exact) mass is 252 g/mol. The second kappa shape index (κ2) is 4.63. The normalized spacial score (nSPS) is 10.3. The fraction of sp³-hybridized carbons (Fsp3) is 0. The fourth-order valence-electron chi connectivity index (χ4n) is 1.50. The molecule has 0 aromatic heterocycles. The molecular weight excluding hydrogens is 246 g/mol. The van der Waals surface area contributed by atoms with Gasteiger partial charge in [0.2, 0.25) is 0 Å². The van der Waals surface area contributed by atoms with Gasteiger partial charge in [-0.25, -0.2) is 8.78 Å². The predicted molar refractivity (Wildman–Crippen MR) is 62.0 cm³/mol. The van der Waals surface area contributed by atoms with E-state index in [2.05, 4.69) is 0 Å². The Hall–Kier alpha value is -1.74. The maximum Gasteiger partial charge on any atom is 0.255 e.